The molecule has 0 aliphatic carbocycles. The van der Waals surface area contributed by atoms with Crippen molar-refractivity contribution >= 4 is 17.9 Å². The topological polar surface area (TPSA) is 78.9 Å². The largest absolute Gasteiger partial charge is 0.462 e. The van der Waals surface area contributed by atoms with Gasteiger partial charge in [0.2, 0.25) is 0 Å². The van der Waals surface area contributed by atoms with Crippen LogP contribution < -0.4 is 0 Å². The van der Waals surface area contributed by atoms with Gasteiger partial charge in [-0.2, -0.15) is 0 Å². The zero-order chi connectivity index (χ0) is 57.8. The summed E-state index contributed by atoms with van der Waals surface area (Å²) in [4.78, 5) is 38.3. The third kappa shape index (κ3) is 66.2. The van der Waals surface area contributed by atoms with Gasteiger partial charge in [0.05, 0.1) is 0 Å². The van der Waals surface area contributed by atoms with Gasteiger partial charge in [0.25, 0.3) is 0 Å². The summed E-state index contributed by atoms with van der Waals surface area (Å²) in [6.07, 6.45) is 87.3. The fourth-order valence-electron chi connectivity index (χ4n) is 10.6. The lowest BCUT2D eigenvalue weighted by atomic mass is 10.0. The summed E-state index contributed by atoms with van der Waals surface area (Å²) in [7, 11) is 0. The molecular weight excluding hydrogens is 985 g/mol. The standard InChI is InChI=1S/C74H136O6/c1-4-7-10-13-16-19-22-25-28-29-30-31-32-33-34-35-36-37-38-39-40-41-42-43-44-45-47-49-52-55-58-61-64-67-73(76)79-70-71(69-78-72(75)66-63-60-57-54-51-48-27-24-21-18-15-12-9-6-3)80-74(77)68-65-62-59-56-53-50-46-26-23-20-17-14-11-8-5-2/h17,20,24,26-27,29-30,46,71H,4-16,18-19,21-23,25,28,31-45,47-70H2,1-3H3/b20-17-,27-24-,30-29-,46-26-. The van der Waals surface area contributed by atoms with Crippen LogP contribution in [-0.2, 0) is 28.6 Å². The van der Waals surface area contributed by atoms with E-state index in [-0.39, 0.29) is 31.1 Å². The molecule has 80 heavy (non-hydrogen) atoms. The van der Waals surface area contributed by atoms with Crippen LogP contribution in [0, 0.1) is 0 Å². The summed E-state index contributed by atoms with van der Waals surface area (Å²) < 4.78 is 16.9. The second-order valence-corrected chi connectivity index (χ2v) is 24.1. The van der Waals surface area contributed by atoms with Gasteiger partial charge in [-0.3, -0.25) is 14.4 Å². The van der Waals surface area contributed by atoms with Crippen LogP contribution in [0.25, 0.3) is 0 Å². The van der Waals surface area contributed by atoms with Crippen LogP contribution >= 0.6 is 0 Å². The van der Waals surface area contributed by atoms with Gasteiger partial charge in [0.15, 0.2) is 6.10 Å². The van der Waals surface area contributed by atoms with Gasteiger partial charge in [-0.05, 0) is 103 Å². The van der Waals surface area contributed by atoms with Crippen molar-refractivity contribution in [3.63, 3.8) is 0 Å². The monoisotopic (exact) mass is 1120 g/mol. The van der Waals surface area contributed by atoms with Gasteiger partial charge >= 0.3 is 17.9 Å². The number of allylic oxidation sites excluding steroid dienone is 8. The van der Waals surface area contributed by atoms with Crippen LogP contribution in [0.5, 0.6) is 0 Å². The molecule has 0 aliphatic heterocycles. The SMILES string of the molecule is CCCCC/C=C\C/C=C\CCCCCCCC(=O)OC(COC(=O)CCCCCCC/C=C\CCCCCCC)COC(=O)CCCCCCCCCCCCCCCCCCCCCCC/C=C\CCCCCCCCCC. The number of carbonyl (C=O) groups excluding carboxylic acids is 3. The van der Waals surface area contributed by atoms with Crippen molar-refractivity contribution in [1.29, 1.82) is 0 Å². The fraction of sp³-hybridized carbons (Fsp3) is 0.851. The molecule has 0 fully saturated rings. The number of carbonyl (C=O) groups is 3. The average Bonchev–Trinajstić information content (AvgIpc) is 3.46. The van der Waals surface area contributed by atoms with E-state index >= 15 is 0 Å². The van der Waals surface area contributed by atoms with Crippen LogP contribution in [0.15, 0.2) is 48.6 Å². The minimum atomic E-state index is -0.783. The van der Waals surface area contributed by atoms with Crippen LogP contribution in [0.1, 0.15) is 387 Å². The summed E-state index contributed by atoms with van der Waals surface area (Å²) in [6, 6.07) is 0. The molecule has 468 valence electrons. The molecule has 0 saturated carbocycles. The second kappa shape index (κ2) is 68.9. The minimum Gasteiger partial charge on any atom is -0.462 e. The molecule has 0 N–H and O–H groups in total. The maximum Gasteiger partial charge on any atom is 0.306 e. The number of unbranched alkanes of at least 4 members (excludes halogenated alkanes) is 47. The van der Waals surface area contributed by atoms with Crippen molar-refractivity contribution in [2.24, 2.45) is 0 Å². The number of rotatable bonds is 66. The normalized spacial score (nSPS) is 12.3. The van der Waals surface area contributed by atoms with E-state index in [1.165, 1.54) is 257 Å². The zero-order valence-corrected chi connectivity index (χ0v) is 53.9. The Balaban J connectivity index is 4.11. The second-order valence-electron chi connectivity index (χ2n) is 24.1. The van der Waals surface area contributed by atoms with Gasteiger partial charge in [-0.25, -0.2) is 0 Å². The van der Waals surface area contributed by atoms with E-state index in [4.69, 9.17) is 14.2 Å². The molecular formula is C74H136O6. The Labute approximate surface area is 498 Å². The van der Waals surface area contributed by atoms with Crippen LogP contribution in [0.2, 0.25) is 0 Å². The summed E-state index contributed by atoms with van der Waals surface area (Å²) in [5.41, 5.74) is 0. The predicted octanol–water partition coefficient (Wildman–Crippen LogP) is 24.5. The number of hydrogen-bond acceptors (Lipinski definition) is 6. The first-order valence-electron chi connectivity index (χ1n) is 35.6. The fourth-order valence-corrected chi connectivity index (χ4v) is 10.6. The maximum atomic E-state index is 12.9. The molecule has 0 spiro atoms. The lowest BCUT2D eigenvalue weighted by molar-refractivity contribution is -0.167. The van der Waals surface area contributed by atoms with Gasteiger partial charge in [0, 0.05) is 19.3 Å². The molecule has 0 aromatic heterocycles. The Morgan fingerprint density at radius 3 is 0.725 bits per heavy atom. The molecule has 0 rings (SSSR count). The van der Waals surface area contributed by atoms with Gasteiger partial charge in [-0.15, -0.1) is 0 Å². The molecule has 0 aliphatic rings. The van der Waals surface area contributed by atoms with Crippen molar-refractivity contribution in [2.45, 2.75) is 393 Å². The first-order valence-corrected chi connectivity index (χ1v) is 35.6. The zero-order valence-electron chi connectivity index (χ0n) is 53.9. The Kier molecular flexibility index (Phi) is 66.6. The quantitative estimate of drug-likeness (QED) is 0.0261. The molecule has 0 saturated heterocycles. The van der Waals surface area contributed by atoms with Gasteiger partial charge in [-0.1, -0.05) is 313 Å². The van der Waals surface area contributed by atoms with Gasteiger partial charge in [0.1, 0.15) is 13.2 Å². The third-order valence-electron chi connectivity index (χ3n) is 16.0. The molecule has 1 unspecified atom stereocenters. The number of esters is 3. The molecule has 0 bridgehead atoms. The molecule has 0 radical (unpaired) electrons. The number of ether oxygens (including phenoxy) is 3. The van der Waals surface area contributed by atoms with E-state index in [2.05, 4.69) is 69.4 Å². The third-order valence-corrected chi connectivity index (χ3v) is 16.0. The van der Waals surface area contributed by atoms with Crippen molar-refractivity contribution < 1.29 is 28.6 Å². The minimum absolute atomic E-state index is 0.0777. The van der Waals surface area contributed by atoms with Crippen LogP contribution in [0.3, 0.4) is 0 Å². The highest BCUT2D eigenvalue weighted by molar-refractivity contribution is 5.71. The van der Waals surface area contributed by atoms with Crippen molar-refractivity contribution in [2.75, 3.05) is 13.2 Å². The summed E-state index contributed by atoms with van der Waals surface area (Å²) in [6.45, 7) is 6.64. The summed E-state index contributed by atoms with van der Waals surface area (Å²) in [5.74, 6) is -0.878. The smallest absolute Gasteiger partial charge is 0.306 e. The first-order chi connectivity index (χ1) is 39.5. The highest BCUT2D eigenvalue weighted by Gasteiger charge is 2.19. The van der Waals surface area contributed by atoms with Crippen molar-refractivity contribution in [1.82, 2.24) is 0 Å². The van der Waals surface area contributed by atoms with Crippen LogP contribution in [0.4, 0.5) is 0 Å². The Morgan fingerprint density at radius 1 is 0.250 bits per heavy atom. The van der Waals surface area contributed by atoms with Gasteiger partial charge < -0.3 is 14.2 Å². The highest BCUT2D eigenvalue weighted by Crippen LogP contribution is 2.18. The number of hydrogen-bond donors (Lipinski definition) is 0. The summed E-state index contributed by atoms with van der Waals surface area (Å²) >= 11 is 0. The summed E-state index contributed by atoms with van der Waals surface area (Å²) in [5, 5.41) is 0. The lowest BCUT2D eigenvalue weighted by Crippen LogP contribution is -2.30. The van der Waals surface area contributed by atoms with E-state index in [0.29, 0.717) is 19.3 Å². The predicted molar refractivity (Wildman–Crippen MR) is 349 cm³/mol. The maximum absolute atomic E-state index is 12.9. The van der Waals surface area contributed by atoms with Crippen molar-refractivity contribution in [3.05, 3.63) is 48.6 Å². The Morgan fingerprint density at radius 2 is 0.450 bits per heavy atom. The molecule has 6 heteroatoms. The van der Waals surface area contributed by atoms with E-state index in [1.54, 1.807) is 0 Å². The molecule has 6 nitrogen and oxygen atoms in total. The van der Waals surface area contributed by atoms with E-state index in [1.807, 2.05) is 0 Å². The Bertz CT molecular complexity index is 1380. The molecule has 0 aromatic carbocycles. The molecule has 0 amide bonds. The first kappa shape index (κ1) is 77.4. The molecule has 0 aromatic rings. The average molecular weight is 1120 g/mol. The Hall–Kier alpha value is -2.63. The highest BCUT2D eigenvalue weighted by atomic mass is 16.6. The lowest BCUT2D eigenvalue weighted by Gasteiger charge is -2.18. The van der Waals surface area contributed by atoms with E-state index in [9.17, 15) is 14.4 Å². The van der Waals surface area contributed by atoms with E-state index < -0.39 is 6.10 Å². The van der Waals surface area contributed by atoms with Crippen LogP contribution in [-0.4, -0.2) is 37.2 Å². The molecule has 1 atom stereocenters. The van der Waals surface area contributed by atoms with Crippen molar-refractivity contribution in [3.8, 4) is 0 Å². The molecule has 0 heterocycles. The van der Waals surface area contributed by atoms with E-state index in [0.717, 1.165) is 89.9 Å².